The number of hydrogen-bond acceptors (Lipinski definition) is 1. The Balaban J connectivity index is 1.00. The van der Waals surface area contributed by atoms with Gasteiger partial charge in [0.15, 0.2) is 0 Å². The van der Waals surface area contributed by atoms with Gasteiger partial charge in [0.2, 0.25) is 0 Å². The minimum Gasteiger partial charge on any atom is -0.134 e. The van der Waals surface area contributed by atoms with Crippen LogP contribution in [0.15, 0.2) is 182 Å². The molecule has 1 heteroatoms. The molecule has 0 nitrogen and oxygen atoms in total. The molecule has 1 aromatic heterocycles. The summed E-state index contributed by atoms with van der Waals surface area (Å²) in [5, 5.41) is 13.0. The lowest BCUT2D eigenvalue weighted by Crippen LogP contribution is -2.14. The van der Waals surface area contributed by atoms with E-state index in [0.717, 1.165) is 0 Å². The van der Waals surface area contributed by atoms with Crippen LogP contribution >= 0.6 is 11.3 Å². The third kappa shape index (κ3) is 4.47. The summed E-state index contributed by atoms with van der Waals surface area (Å²) in [7, 11) is 0. The molecule has 0 radical (unpaired) electrons. The van der Waals surface area contributed by atoms with E-state index in [0.29, 0.717) is 0 Å². The Labute approximate surface area is 329 Å². The Morgan fingerprint density at radius 2 is 0.893 bits per heavy atom. The zero-order valence-electron chi connectivity index (χ0n) is 31.2. The third-order valence-electron chi connectivity index (χ3n) is 12.6. The third-order valence-corrected chi connectivity index (χ3v) is 13.8. The van der Waals surface area contributed by atoms with Crippen molar-refractivity contribution in [2.45, 2.75) is 19.3 Å². The fourth-order valence-electron chi connectivity index (χ4n) is 9.94. The van der Waals surface area contributed by atoms with Crippen LogP contribution in [0.2, 0.25) is 0 Å². The van der Waals surface area contributed by atoms with Gasteiger partial charge >= 0.3 is 0 Å². The molecule has 0 aliphatic heterocycles. The van der Waals surface area contributed by atoms with E-state index < -0.39 is 0 Å². The van der Waals surface area contributed by atoms with Crippen LogP contribution in [0, 0.1) is 0 Å². The molecule has 10 aromatic carbocycles. The quantitative estimate of drug-likeness (QED) is 0.159. The summed E-state index contributed by atoms with van der Waals surface area (Å²) in [4.78, 5) is 0. The van der Waals surface area contributed by atoms with Crippen LogP contribution in [0.4, 0.5) is 0 Å². The Morgan fingerprint density at radius 3 is 1.61 bits per heavy atom. The second-order valence-electron chi connectivity index (χ2n) is 16.0. The minimum absolute atomic E-state index is 0.0688. The zero-order chi connectivity index (χ0) is 37.1. The fourth-order valence-corrected chi connectivity index (χ4v) is 11.2. The van der Waals surface area contributed by atoms with Crippen LogP contribution in [0.25, 0.3) is 108 Å². The van der Waals surface area contributed by atoms with Crippen molar-refractivity contribution in [2.75, 3.05) is 0 Å². The largest absolute Gasteiger partial charge is 0.134 e. The first-order chi connectivity index (χ1) is 27.5. The first kappa shape index (κ1) is 31.8. The lowest BCUT2D eigenvalue weighted by atomic mass is 9.82. The minimum atomic E-state index is -0.0688. The van der Waals surface area contributed by atoms with E-state index in [1.54, 1.807) is 0 Å². The molecule has 56 heavy (non-hydrogen) atoms. The Bertz CT molecular complexity index is 3370. The second-order valence-corrected chi connectivity index (χ2v) is 17.0. The maximum atomic E-state index is 2.46. The summed E-state index contributed by atoms with van der Waals surface area (Å²) in [6, 6.07) is 68.1. The number of hydrogen-bond donors (Lipinski definition) is 0. The van der Waals surface area contributed by atoms with Crippen LogP contribution in [0.5, 0.6) is 0 Å². The van der Waals surface area contributed by atoms with Gasteiger partial charge in [0.25, 0.3) is 0 Å². The smallest absolute Gasteiger partial charge is 0.0437 e. The van der Waals surface area contributed by atoms with Crippen LogP contribution in [0.3, 0.4) is 0 Å². The molecule has 1 aliphatic rings. The number of benzene rings is 10. The van der Waals surface area contributed by atoms with Crippen molar-refractivity contribution in [3.8, 4) is 44.5 Å². The first-order valence-electron chi connectivity index (χ1n) is 19.6. The maximum absolute atomic E-state index is 2.46. The standard InChI is InChI=1S/C55H36S/c1-55(2)47-28-25-38(32-46(47)53-48(55)29-27-45-52-40-14-6-5-12-35(40)26-30-49(52)56-54(45)53)34-19-22-36(23-20-34)50-41-15-7-9-17-43(41)51(44-18-10-8-16-42(44)50)39-24-21-33-11-3-4-13-37(33)31-39/h3-32H,1-2H3. The van der Waals surface area contributed by atoms with Gasteiger partial charge in [-0.15, -0.1) is 11.3 Å². The molecule has 0 spiro atoms. The molecule has 0 unspecified atom stereocenters. The highest BCUT2D eigenvalue weighted by Crippen LogP contribution is 2.55. The van der Waals surface area contributed by atoms with E-state index in [1.807, 2.05) is 11.3 Å². The maximum Gasteiger partial charge on any atom is 0.0437 e. The molecule has 1 heterocycles. The number of rotatable bonds is 3. The van der Waals surface area contributed by atoms with Gasteiger partial charge in [0.05, 0.1) is 0 Å². The first-order valence-corrected chi connectivity index (χ1v) is 20.4. The molecule has 12 rings (SSSR count). The SMILES string of the molecule is CC1(C)c2ccc(-c3ccc(-c4c5ccccc5c(-c5ccc6ccccc6c5)c5ccccc45)cc3)cc2-c2c1ccc1c2sc2ccc3ccccc3c21. The van der Waals surface area contributed by atoms with E-state index in [2.05, 4.69) is 196 Å². The van der Waals surface area contributed by atoms with Crippen LogP contribution in [-0.2, 0) is 5.41 Å². The van der Waals surface area contributed by atoms with Crippen LogP contribution < -0.4 is 0 Å². The van der Waals surface area contributed by atoms with Crippen molar-refractivity contribution in [3.63, 3.8) is 0 Å². The molecule has 11 aromatic rings. The van der Waals surface area contributed by atoms with Crippen molar-refractivity contribution in [3.05, 3.63) is 193 Å². The highest BCUT2D eigenvalue weighted by molar-refractivity contribution is 7.26. The van der Waals surface area contributed by atoms with Gasteiger partial charge in [-0.1, -0.05) is 178 Å². The Morgan fingerprint density at radius 1 is 0.357 bits per heavy atom. The van der Waals surface area contributed by atoms with Gasteiger partial charge in [-0.2, -0.15) is 0 Å². The van der Waals surface area contributed by atoms with E-state index in [1.165, 1.54) is 119 Å². The zero-order valence-corrected chi connectivity index (χ0v) is 32.0. The molecular weight excluding hydrogens is 693 g/mol. The molecule has 0 saturated heterocycles. The van der Waals surface area contributed by atoms with Gasteiger partial charge in [0, 0.05) is 31.2 Å². The van der Waals surface area contributed by atoms with Gasteiger partial charge in [-0.05, 0) is 111 Å². The van der Waals surface area contributed by atoms with Crippen molar-refractivity contribution in [2.24, 2.45) is 0 Å². The second kappa shape index (κ2) is 11.7. The van der Waals surface area contributed by atoms with Crippen LogP contribution in [0.1, 0.15) is 25.0 Å². The topological polar surface area (TPSA) is 0 Å². The van der Waals surface area contributed by atoms with Crippen molar-refractivity contribution < 1.29 is 0 Å². The van der Waals surface area contributed by atoms with E-state index in [9.17, 15) is 0 Å². The van der Waals surface area contributed by atoms with Crippen molar-refractivity contribution in [1.82, 2.24) is 0 Å². The van der Waals surface area contributed by atoms with E-state index in [4.69, 9.17) is 0 Å². The monoisotopic (exact) mass is 728 g/mol. The normalized spacial score (nSPS) is 13.3. The van der Waals surface area contributed by atoms with Gasteiger partial charge in [0.1, 0.15) is 0 Å². The van der Waals surface area contributed by atoms with Crippen molar-refractivity contribution >= 4 is 74.6 Å². The van der Waals surface area contributed by atoms with Crippen LogP contribution in [-0.4, -0.2) is 0 Å². The lowest BCUT2D eigenvalue weighted by Gasteiger charge is -2.21. The highest BCUT2D eigenvalue weighted by Gasteiger charge is 2.37. The molecule has 0 saturated carbocycles. The lowest BCUT2D eigenvalue weighted by molar-refractivity contribution is 0.661. The highest BCUT2D eigenvalue weighted by atomic mass is 32.1. The summed E-state index contributed by atoms with van der Waals surface area (Å²) >= 11 is 1.95. The Kier molecular flexibility index (Phi) is 6.66. The molecule has 0 atom stereocenters. The van der Waals surface area contributed by atoms with Crippen molar-refractivity contribution in [1.29, 1.82) is 0 Å². The average molecular weight is 729 g/mol. The average Bonchev–Trinajstić information content (AvgIpc) is 3.74. The molecule has 0 bridgehead atoms. The van der Waals surface area contributed by atoms with Gasteiger partial charge in [-0.25, -0.2) is 0 Å². The number of fused-ring (bicyclic) bond motifs is 12. The molecule has 1 aliphatic carbocycles. The summed E-state index contributed by atoms with van der Waals surface area (Å²) in [5.41, 5.74) is 13.1. The molecule has 0 amide bonds. The predicted molar refractivity (Wildman–Crippen MR) is 243 cm³/mol. The summed E-state index contributed by atoms with van der Waals surface area (Å²) in [6.45, 7) is 4.78. The summed E-state index contributed by atoms with van der Waals surface area (Å²) in [5.74, 6) is 0. The van der Waals surface area contributed by atoms with Gasteiger partial charge in [-0.3, -0.25) is 0 Å². The molecule has 262 valence electrons. The molecule has 0 N–H and O–H groups in total. The molecule has 0 fully saturated rings. The predicted octanol–water partition coefficient (Wildman–Crippen LogP) is 16.0. The Hall–Kier alpha value is -6.54. The summed E-state index contributed by atoms with van der Waals surface area (Å²) < 4.78 is 2.76. The fraction of sp³-hybridized carbons (Fsp3) is 0.0545. The molecular formula is C55H36S. The van der Waals surface area contributed by atoms with E-state index in [-0.39, 0.29) is 5.41 Å². The van der Waals surface area contributed by atoms with Gasteiger partial charge < -0.3 is 0 Å². The number of thiophene rings is 1. The summed E-state index contributed by atoms with van der Waals surface area (Å²) in [6.07, 6.45) is 0. The van der Waals surface area contributed by atoms with E-state index >= 15 is 0 Å².